The third kappa shape index (κ3) is 4.69. The molecule has 0 bridgehead atoms. The second kappa shape index (κ2) is 11.0. The molecule has 1 heterocycles. The molecule has 8 nitrogen and oxygen atoms in total. The van der Waals surface area contributed by atoms with E-state index in [1.807, 2.05) is 50.3 Å². The fourth-order valence-electron chi connectivity index (χ4n) is 5.47. The Labute approximate surface area is 202 Å². The lowest BCUT2D eigenvalue weighted by atomic mass is 9.70. The molecule has 1 saturated heterocycles. The number of rotatable bonds is 9. The Kier molecular flexibility index (Phi) is 8.36. The maximum absolute atomic E-state index is 13.6. The second-order valence-corrected chi connectivity index (χ2v) is 9.13. The minimum atomic E-state index is -0.798. The van der Waals surface area contributed by atoms with Crippen LogP contribution in [-0.4, -0.2) is 66.6 Å². The van der Waals surface area contributed by atoms with Gasteiger partial charge in [0.15, 0.2) is 0 Å². The summed E-state index contributed by atoms with van der Waals surface area (Å²) in [4.78, 5) is 43.7. The van der Waals surface area contributed by atoms with Crippen molar-refractivity contribution in [2.75, 3.05) is 37.0 Å². The first kappa shape index (κ1) is 25.7. The second-order valence-electron chi connectivity index (χ2n) is 9.13. The quantitative estimate of drug-likeness (QED) is 0.481. The lowest BCUT2D eigenvalue weighted by Gasteiger charge is -2.33. The molecule has 0 saturated carbocycles. The van der Waals surface area contributed by atoms with Gasteiger partial charge < -0.3 is 25.5 Å². The highest BCUT2D eigenvalue weighted by atomic mass is 16.3. The van der Waals surface area contributed by atoms with Crippen molar-refractivity contribution < 1.29 is 19.5 Å². The molecule has 3 N–H and O–H groups in total. The summed E-state index contributed by atoms with van der Waals surface area (Å²) in [5.41, 5.74) is 1.72. The smallest absolute Gasteiger partial charge is 0.247 e. The molecule has 8 heteroatoms. The molecule has 6 atom stereocenters. The van der Waals surface area contributed by atoms with E-state index in [4.69, 9.17) is 0 Å². The number of aliphatic hydroxyl groups excluding tert-OH is 1. The average Bonchev–Trinajstić information content (AvgIpc) is 3.13. The van der Waals surface area contributed by atoms with Crippen molar-refractivity contribution in [1.29, 1.82) is 0 Å². The van der Waals surface area contributed by atoms with Crippen molar-refractivity contribution in [2.24, 2.45) is 23.7 Å². The molecule has 0 unspecified atom stereocenters. The molecule has 1 aromatic rings. The third-order valence-corrected chi connectivity index (χ3v) is 7.37. The number of carbonyl (C=O) groups is 3. The zero-order valence-corrected chi connectivity index (χ0v) is 20.8. The average molecular weight is 471 g/mol. The number of allylic oxidation sites excluding steroid dienone is 1. The minimum Gasteiger partial charge on any atom is -0.394 e. The van der Waals surface area contributed by atoms with Gasteiger partial charge in [-0.3, -0.25) is 14.4 Å². The van der Waals surface area contributed by atoms with Crippen LogP contribution in [0.5, 0.6) is 0 Å². The topological polar surface area (TPSA) is 102 Å². The number of nitrogens with zero attached hydrogens (tertiary/aromatic N) is 2. The van der Waals surface area contributed by atoms with Gasteiger partial charge in [0, 0.05) is 37.4 Å². The molecular weight excluding hydrogens is 432 g/mol. The Bertz CT molecular complexity index is 908. The zero-order valence-electron chi connectivity index (χ0n) is 20.8. The largest absolute Gasteiger partial charge is 0.394 e. The van der Waals surface area contributed by atoms with Crippen LogP contribution < -0.4 is 15.5 Å². The normalized spacial score (nSPS) is 26.7. The number of benzene rings is 1. The molecule has 1 aliphatic heterocycles. The fraction of sp³-hybridized carbons (Fsp3) is 0.577. The Hall–Kier alpha value is -2.87. The van der Waals surface area contributed by atoms with Gasteiger partial charge in [0.2, 0.25) is 17.7 Å². The summed E-state index contributed by atoms with van der Waals surface area (Å²) in [6.07, 6.45) is 4.34. The van der Waals surface area contributed by atoms with Crippen molar-refractivity contribution in [3.05, 3.63) is 36.4 Å². The standard InChI is InChI=1S/C26H38N4O4/c1-6-18(15-31)30-23(20-14-9-16(4)21(24(32)27-5)22(20)26(30)34)25(33)28-17-10-12-19(13-11-17)29(7-2)8-3/h9-14,16,18,20-23,31H,6-8,15H2,1-5H3,(H,27,32)(H,28,33)/t16-,18+,20+,21-,22-,23+/m1/s1. The van der Waals surface area contributed by atoms with Crippen LogP contribution in [0.15, 0.2) is 36.4 Å². The van der Waals surface area contributed by atoms with E-state index in [2.05, 4.69) is 29.4 Å². The summed E-state index contributed by atoms with van der Waals surface area (Å²) < 4.78 is 0. The Morgan fingerprint density at radius 2 is 1.74 bits per heavy atom. The maximum Gasteiger partial charge on any atom is 0.247 e. The number of carbonyl (C=O) groups excluding carboxylic acids is 3. The van der Waals surface area contributed by atoms with Crippen LogP contribution in [0.25, 0.3) is 0 Å². The predicted octanol–water partition coefficient (Wildman–Crippen LogP) is 2.25. The van der Waals surface area contributed by atoms with Crippen molar-refractivity contribution in [3.63, 3.8) is 0 Å². The number of fused-ring (bicyclic) bond motifs is 1. The van der Waals surface area contributed by atoms with E-state index >= 15 is 0 Å². The predicted molar refractivity (Wildman–Crippen MR) is 133 cm³/mol. The van der Waals surface area contributed by atoms with E-state index < -0.39 is 29.8 Å². The maximum atomic E-state index is 13.6. The van der Waals surface area contributed by atoms with Crippen LogP contribution in [-0.2, 0) is 14.4 Å². The molecule has 1 fully saturated rings. The molecule has 186 valence electrons. The first-order valence-electron chi connectivity index (χ1n) is 12.3. The molecule has 3 amide bonds. The van der Waals surface area contributed by atoms with Gasteiger partial charge in [-0.15, -0.1) is 0 Å². The first-order chi connectivity index (χ1) is 16.3. The van der Waals surface area contributed by atoms with Crippen LogP contribution >= 0.6 is 0 Å². The van der Waals surface area contributed by atoms with Gasteiger partial charge >= 0.3 is 0 Å². The Morgan fingerprint density at radius 3 is 2.26 bits per heavy atom. The molecule has 0 aromatic heterocycles. The number of aliphatic hydroxyl groups is 1. The Morgan fingerprint density at radius 1 is 1.09 bits per heavy atom. The SMILES string of the molecule is CC[C@@H](CO)N1C(=O)[C@@H]2[C@H](C=C[C@@H](C)[C@H]2C(=O)NC)[C@H]1C(=O)Nc1ccc(N(CC)CC)cc1. The number of hydrogen-bond donors (Lipinski definition) is 3. The molecule has 1 aliphatic carbocycles. The van der Waals surface area contributed by atoms with E-state index in [0.29, 0.717) is 12.1 Å². The van der Waals surface area contributed by atoms with Crippen molar-refractivity contribution >= 4 is 29.1 Å². The van der Waals surface area contributed by atoms with E-state index in [9.17, 15) is 19.5 Å². The molecule has 1 aromatic carbocycles. The zero-order chi connectivity index (χ0) is 25.0. The van der Waals surface area contributed by atoms with Crippen LogP contribution in [0.4, 0.5) is 11.4 Å². The van der Waals surface area contributed by atoms with Gasteiger partial charge in [0.1, 0.15) is 6.04 Å². The van der Waals surface area contributed by atoms with E-state index in [-0.39, 0.29) is 30.2 Å². The van der Waals surface area contributed by atoms with Gasteiger partial charge in [-0.2, -0.15) is 0 Å². The molecule has 34 heavy (non-hydrogen) atoms. The van der Waals surface area contributed by atoms with Crippen LogP contribution in [0.2, 0.25) is 0 Å². The molecule has 0 radical (unpaired) electrons. The summed E-state index contributed by atoms with van der Waals surface area (Å²) >= 11 is 0. The van der Waals surface area contributed by atoms with Crippen molar-refractivity contribution in [3.8, 4) is 0 Å². The van der Waals surface area contributed by atoms with Gasteiger partial charge in [-0.25, -0.2) is 0 Å². The van der Waals surface area contributed by atoms with Gasteiger partial charge in [-0.05, 0) is 50.5 Å². The van der Waals surface area contributed by atoms with Gasteiger partial charge in [-0.1, -0.05) is 26.0 Å². The molecule has 3 rings (SSSR count). The number of hydrogen-bond acceptors (Lipinski definition) is 5. The fourth-order valence-corrected chi connectivity index (χ4v) is 5.47. The highest BCUT2D eigenvalue weighted by Gasteiger charge is 2.57. The summed E-state index contributed by atoms with van der Waals surface area (Å²) in [6, 6.07) is 6.37. The van der Waals surface area contributed by atoms with Crippen molar-refractivity contribution in [1.82, 2.24) is 10.2 Å². The highest BCUT2D eigenvalue weighted by Crippen LogP contribution is 2.45. The summed E-state index contributed by atoms with van der Waals surface area (Å²) in [7, 11) is 1.56. The van der Waals surface area contributed by atoms with E-state index in [0.717, 1.165) is 18.8 Å². The molecule has 2 aliphatic rings. The minimum absolute atomic E-state index is 0.129. The molecular formula is C26H38N4O4. The monoisotopic (exact) mass is 470 g/mol. The number of anilines is 2. The lowest BCUT2D eigenvalue weighted by Crippen LogP contribution is -2.50. The van der Waals surface area contributed by atoms with E-state index in [1.165, 1.54) is 4.90 Å². The van der Waals surface area contributed by atoms with E-state index in [1.54, 1.807) is 7.05 Å². The van der Waals surface area contributed by atoms with Crippen molar-refractivity contribution in [2.45, 2.75) is 46.2 Å². The summed E-state index contributed by atoms with van der Waals surface area (Å²) in [5.74, 6) is -2.52. The molecule has 0 spiro atoms. The first-order valence-corrected chi connectivity index (χ1v) is 12.3. The van der Waals surface area contributed by atoms with Crippen LogP contribution in [0.1, 0.15) is 34.1 Å². The summed E-state index contributed by atoms with van der Waals surface area (Å²) in [5, 5.41) is 15.7. The van der Waals surface area contributed by atoms with Crippen LogP contribution in [0.3, 0.4) is 0 Å². The van der Waals surface area contributed by atoms with Crippen LogP contribution in [0, 0.1) is 23.7 Å². The lowest BCUT2D eigenvalue weighted by molar-refractivity contribution is -0.142. The highest BCUT2D eigenvalue weighted by molar-refractivity contribution is 6.02. The Balaban J connectivity index is 1.93. The number of nitrogens with one attached hydrogen (secondary N) is 2. The third-order valence-electron chi connectivity index (χ3n) is 7.37. The summed E-state index contributed by atoms with van der Waals surface area (Å²) in [6.45, 7) is 9.52. The number of amides is 3. The van der Waals surface area contributed by atoms with Gasteiger partial charge in [0.25, 0.3) is 0 Å². The van der Waals surface area contributed by atoms with Gasteiger partial charge in [0.05, 0.1) is 24.5 Å². The number of likely N-dealkylation sites (tertiary alicyclic amines) is 1.